The number of amides is 1. The van der Waals surface area contributed by atoms with Crippen molar-refractivity contribution in [2.24, 2.45) is 0 Å². The van der Waals surface area contributed by atoms with E-state index in [4.69, 9.17) is 4.74 Å². The molecule has 0 bridgehead atoms. The Hall–Kier alpha value is -1.92. The van der Waals surface area contributed by atoms with E-state index in [2.05, 4.69) is 43.5 Å². The van der Waals surface area contributed by atoms with Gasteiger partial charge in [0.05, 0.1) is 25.4 Å². The first-order chi connectivity index (χ1) is 42.5. The smallest absolute Gasteiger partial charge is 0.305 e. The summed E-state index contributed by atoms with van der Waals surface area (Å²) >= 11 is 0. The van der Waals surface area contributed by atoms with E-state index in [1.807, 2.05) is 6.08 Å². The highest BCUT2D eigenvalue weighted by atomic mass is 16.5. The van der Waals surface area contributed by atoms with Crippen LogP contribution in [0.5, 0.6) is 0 Å². The zero-order valence-electron chi connectivity index (χ0n) is 58.3. The molecule has 0 heterocycles. The molecule has 0 rings (SSSR count). The maximum Gasteiger partial charge on any atom is 0.305 e. The van der Waals surface area contributed by atoms with E-state index >= 15 is 0 Å². The van der Waals surface area contributed by atoms with Gasteiger partial charge in [-0.15, -0.1) is 0 Å². The second-order valence-electron chi connectivity index (χ2n) is 27.0. The van der Waals surface area contributed by atoms with Crippen molar-refractivity contribution in [1.82, 2.24) is 5.32 Å². The number of carbonyl (C=O) groups is 2. The number of aliphatic hydroxyl groups is 2. The third-order valence-corrected chi connectivity index (χ3v) is 18.4. The normalized spacial score (nSPS) is 12.7. The van der Waals surface area contributed by atoms with Crippen LogP contribution in [0.2, 0.25) is 0 Å². The van der Waals surface area contributed by atoms with Crippen molar-refractivity contribution < 1.29 is 24.5 Å². The standard InChI is InChI=1S/C80H153NO5/c1-3-5-7-9-11-13-15-17-19-21-36-40-44-48-52-56-60-64-68-72-78(83)77(76-82)81-79(84)73-69-65-61-57-53-49-45-41-38-34-32-30-28-26-24-23-25-27-29-31-33-35-39-43-47-51-55-59-63-67-71-75-86-80(85)74-70-66-62-58-54-50-46-42-37-22-20-18-16-14-12-10-8-6-4-2/h12,14,18,20,68,72,77-78,82-83H,3-11,13,15-17,19,21-67,69-71,73-76H2,1-2H3,(H,81,84)/b14-12-,20-18-,72-68+. The van der Waals surface area contributed by atoms with Crippen LogP contribution in [0.3, 0.4) is 0 Å². The van der Waals surface area contributed by atoms with Crippen LogP contribution in [-0.4, -0.2) is 47.4 Å². The van der Waals surface area contributed by atoms with Crippen molar-refractivity contribution in [2.45, 2.75) is 450 Å². The molecule has 0 saturated carbocycles. The van der Waals surface area contributed by atoms with Crippen LogP contribution in [0.25, 0.3) is 0 Å². The molecule has 508 valence electrons. The van der Waals surface area contributed by atoms with Crippen molar-refractivity contribution in [3.8, 4) is 0 Å². The molecule has 2 unspecified atom stereocenters. The van der Waals surface area contributed by atoms with Gasteiger partial charge >= 0.3 is 5.97 Å². The highest BCUT2D eigenvalue weighted by Crippen LogP contribution is 2.20. The van der Waals surface area contributed by atoms with Crippen LogP contribution in [0.4, 0.5) is 0 Å². The van der Waals surface area contributed by atoms with Gasteiger partial charge in [-0.1, -0.05) is 397 Å². The summed E-state index contributed by atoms with van der Waals surface area (Å²) in [4.78, 5) is 24.7. The molecule has 0 saturated heterocycles. The number of allylic oxidation sites excluding steroid dienone is 5. The van der Waals surface area contributed by atoms with E-state index in [1.165, 1.54) is 360 Å². The Bertz CT molecular complexity index is 1390. The fourth-order valence-electron chi connectivity index (χ4n) is 12.4. The lowest BCUT2D eigenvalue weighted by atomic mass is 10.0. The number of rotatable bonds is 74. The summed E-state index contributed by atoms with van der Waals surface area (Å²) in [5, 5.41) is 23.3. The van der Waals surface area contributed by atoms with E-state index < -0.39 is 12.1 Å². The lowest BCUT2D eigenvalue weighted by molar-refractivity contribution is -0.143. The Kier molecular flexibility index (Phi) is 73.9. The van der Waals surface area contributed by atoms with Gasteiger partial charge in [0.25, 0.3) is 0 Å². The second-order valence-corrected chi connectivity index (χ2v) is 27.0. The molecule has 6 heteroatoms. The molecule has 86 heavy (non-hydrogen) atoms. The van der Waals surface area contributed by atoms with Crippen molar-refractivity contribution in [2.75, 3.05) is 13.2 Å². The van der Waals surface area contributed by atoms with Gasteiger partial charge < -0.3 is 20.3 Å². The molecule has 0 fully saturated rings. The fourth-order valence-corrected chi connectivity index (χ4v) is 12.4. The van der Waals surface area contributed by atoms with Crippen LogP contribution < -0.4 is 5.32 Å². The van der Waals surface area contributed by atoms with Gasteiger partial charge in [-0.05, 0) is 64.2 Å². The van der Waals surface area contributed by atoms with E-state index in [9.17, 15) is 19.8 Å². The van der Waals surface area contributed by atoms with E-state index in [1.54, 1.807) is 6.08 Å². The third kappa shape index (κ3) is 71.2. The molecule has 2 atom stereocenters. The van der Waals surface area contributed by atoms with Crippen LogP contribution in [-0.2, 0) is 14.3 Å². The molecule has 6 nitrogen and oxygen atoms in total. The second kappa shape index (κ2) is 75.5. The highest BCUT2D eigenvalue weighted by Gasteiger charge is 2.18. The minimum Gasteiger partial charge on any atom is -0.466 e. The molecule has 0 radical (unpaired) electrons. The largest absolute Gasteiger partial charge is 0.466 e. The topological polar surface area (TPSA) is 95.9 Å². The first-order valence-corrected chi connectivity index (χ1v) is 39.3. The number of esters is 1. The van der Waals surface area contributed by atoms with Crippen LogP contribution >= 0.6 is 0 Å². The molecule has 0 aliphatic rings. The summed E-state index contributed by atoms with van der Waals surface area (Å²) < 4.78 is 5.52. The monoisotopic (exact) mass is 1210 g/mol. The Morgan fingerprint density at radius 3 is 0.907 bits per heavy atom. The Labute approximate surface area is 538 Å². The van der Waals surface area contributed by atoms with Crippen LogP contribution in [0, 0.1) is 0 Å². The maximum atomic E-state index is 12.5. The summed E-state index contributed by atoms with van der Waals surface area (Å²) in [5.74, 6) is -0.0424. The first kappa shape index (κ1) is 84.1. The number of ether oxygens (including phenoxy) is 1. The van der Waals surface area contributed by atoms with Crippen molar-refractivity contribution in [3.63, 3.8) is 0 Å². The molecule has 0 spiro atoms. The third-order valence-electron chi connectivity index (χ3n) is 18.4. The Morgan fingerprint density at radius 2 is 0.581 bits per heavy atom. The minimum atomic E-state index is -0.842. The minimum absolute atomic E-state index is 0.0173. The Balaban J connectivity index is 3.34. The van der Waals surface area contributed by atoms with Gasteiger partial charge in [0, 0.05) is 12.8 Å². The molecule has 0 aromatic carbocycles. The zero-order valence-corrected chi connectivity index (χ0v) is 58.3. The molecule has 1 amide bonds. The maximum absolute atomic E-state index is 12.5. The molecule has 3 N–H and O–H groups in total. The Morgan fingerprint density at radius 1 is 0.326 bits per heavy atom. The van der Waals surface area contributed by atoms with Gasteiger partial charge in [-0.2, -0.15) is 0 Å². The molecule has 0 aliphatic heterocycles. The predicted octanol–water partition coefficient (Wildman–Crippen LogP) is 25.8. The predicted molar refractivity (Wildman–Crippen MR) is 379 cm³/mol. The quantitative estimate of drug-likeness (QED) is 0.0320. The number of carbonyl (C=O) groups excluding carboxylic acids is 2. The van der Waals surface area contributed by atoms with E-state index in [0.717, 1.165) is 51.4 Å². The van der Waals surface area contributed by atoms with Crippen LogP contribution in [0.15, 0.2) is 36.5 Å². The van der Waals surface area contributed by atoms with Gasteiger partial charge in [0.15, 0.2) is 0 Å². The first-order valence-electron chi connectivity index (χ1n) is 39.3. The number of nitrogens with one attached hydrogen (secondary N) is 1. The number of hydrogen-bond donors (Lipinski definition) is 3. The van der Waals surface area contributed by atoms with Crippen molar-refractivity contribution >= 4 is 11.9 Å². The van der Waals surface area contributed by atoms with E-state index in [-0.39, 0.29) is 18.5 Å². The average Bonchev–Trinajstić information content (AvgIpc) is 3.54. The van der Waals surface area contributed by atoms with Crippen LogP contribution in [0.1, 0.15) is 438 Å². The molecular formula is C80H153NO5. The molecule has 0 aliphatic carbocycles. The molecule has 0 aromatic rings. The van der Waals surface area contributed by atoms with Crippen molar-refractivity contribution in [3.05, 3.63) is 36.5 Å². The van der Waals surface area contributed by atoms with Crippen molar-refractivity contribution in [1.29, 1.82) is 0 Å². The van der Waals surface area contributed by atoms with Gasteiger partial charge in [-0.25, -0.2) is 0 Å². The average molecular weight is 1210 g/mol. The zero-order chi connectivity index (χ0) is 62.0. The lowest BCUT2D eigenvalue weighted by Gasteiger charge is -2.20. The number of hydrogen-bond acceptors (Lipinski definition) is 5. The lowest BCUT2D eigenvalue weighted by Crippen LogP contribution is -2.45. The SMILES string of the molecule is CCCCC/C=C\C/C=C\CCCCCCCCCCCC(=O)OCCCCCCCCCCCCCCCCCCCCCCCCCCCCCCCCCC(=O)NC(CO)C(O)/C=C/CCCCCCCCCCCCCCCCCCC. The molecular weight excluding hydrogens is 1050 g/mol. The van der Waals surface area contributed by atoms with Gasteiger partial charge in [0.1, 0.15) is 0 Å². The van der Waals surface area contributed by atoms with Gasteiger partial charge in [0.2, 0.25) is 5.91 Å². The fraction of sp³-hybridized carbons (Fsp3) is 0.900. The summed E-state index contributed by atoms with van der Waals surface area (Å²) in [5.41, 5.74) is 0. The van der Waals surface area contributed by atoms with E-state index in [0.29, 0.717) is 19.4 Å². The summed E-state index contributed by atoms with van der Waals surface area (Å²) in [6.45, 7) is 4.93. The molecule has 0 aromatic heterocycles. The number of aliphatic hydroxyl groups excluding tert-OH is 2. The van der Waals surface area contributed by atoms with Gasteiger partial charge in [-0.3, -0.25) is 9.59 Å². The number of unbranched alkanes of at least 4 members (excludes halogenated alkanes) is 59. The highest BCUT2D eigenvalue weighted by molar-refractivity contribution is 5.76. The summed E-state index contributed by atoms with van der Waals surface area (Å²) in [7, 11) is 0. The summed E-state index contributed by atoms with van der Waals surface area (Å²) in [6, 6.07) is -0.625. The summed E-state index contributed by atoms with van der Waals surface area (Å²) in [6.07, 6.45) is 98.3.